The van der Waals surface area contributed by atoms with Gasteiger partial charge in [0, 0.05) is 13.1 Å². The summed E-state index contributed by atoms with van der Waals surface area (Å²) < 4.78 is 0. The second kappa shape index (κ2) is 6.22. The molecule has 0 aromatic heterocycles. The van der Waals surface area contributed by atoms with E-state index < -0.39 is 0 Å². The van der Waals surface area contributed by atoms with Crippen molar-refractivity contribution >= 4 is 0 Å². The fourth-order valence-corrected chi connectivity index (χ4v) is 5.56. The van der Waals surface area contributed by atoms with Crippen molar-refractivity contribution in [3.63, 3.8) is 0 Å². The molecule has 1 nitrogen and oxygen atoms in total. The van der Waals surface area contributed by atoms with Crippen LogP contribution in [0.1, 0.15) is 85.0 Å². The third kappa shape index (κ3) is 3.19. The van der Waals surface area contributed by atoms with Crippen molar-refractivity contribution in [2.24, 2.45) is 22.7 Å². The number of hydrogen-bond donors (Lipinski definition) is 0. The summed E-state index contributed by atoms with van der Waals surface area (Å²) in [7, 11) is 0. The van der Waals surface area contributed by atoms with Gasteiger partial charge in [0.15, 0.2) is 0 Å². The molecule has 0 amide bonds. The van der Waals surface area contributed by atoms with Crippen LogP contribution in [0.3, 0.4) is 0 Å². The Kier molecular flexibility index (Phi) is 4.69. The molecule has 1 unspecified atom stereocenters. The standard InChI is InChI=1S/C20H37N/c1-19(2)18-12-13-20(19,3)16-21(15-18)14-8-7-11-17-9-5-4-6-10-17/h17-18H,4-16H2,1-3H3/t18?,20-/m1/s1. The molecule has 2 bridgehead atoms. The lowest BCUT2D eigenvalue weighted by Crippen LogP contribution is -2.52. The molecule has 3 fully saturated rings. The van der Waals surface area contributed by atoms with Crippen molar-refractivity contribution in [3.05, 3.63) is 0 Å². The molecule has 3 aliphatic rings. The number of likely N-dealkylation sites (tertiary alicyclic amines) is 1. The Labute approximate surface area is 132 Å². The fourth-order valence-electron chi connectivity index (χ4n) is 5.56. The number of fused-ring (bicyclic) bond motifs is 2. The van der Waals surface area contributed by atoms with Crippen molar-refractivity contribution in [1.29, 1.82) is 0 Å². The molecule has 1 heteroatoms. The highest BCUT2D eigenvalue weighted by Gasteiger charge is 2.55. The lowest BCUT2D eigenvalue weighted by molar-refractivity contribution is -0.0181. The summed E-state index contributed by atoms with van der Waals surface area (Å²) in [6.45, 7) is 11.7. The first-order chi connectivity index (χ1) is 10.0. The van der Waals surface area contributed by atoms with Crippen molar-refractivity contribution in [2.75, 3.05) is 19.6 Å². The number of unbranched alkanes of at least 4 members (excludes halogenated alkanes) is 1. The van der Waals surface area contributed by atoms with Crippen molar-refractivity contribution in [2.45, 2.75) is 85.0 Å². The SMILES string of the molecule is CC1(C)C2CC[C@]1(C)CN(CCCCC1CCCCC1)C2. The van der Waals surface area contributed by atoms with Crippen LogP contribution in [0.2, 0.25) is 0 Å². The van der Waals surface area contributed by atoms with Crippen LogP contribution in [0.25, 0.3) is 0 Å². The molecule has 0 N–H and O–H groups in total. The molecule has 1 aliphatic heterocycles. The molecule has 21 heavy (non-hydrogen) atoms. The van der Waals surface area contributed by atoms with Crippen LogP contribution in [0.4, 0.5) is 0 Å². The number of hydrogen-bond acceptors (Lipinski definition) is 1. The third-order valence-electron chi connectivity index (χ3n) is 7.73. The maximum atomic E-state index is 2.81. The highest BCUT2D eigenvalue weighted by molar-refractivity contribution is 5.05. The molecule has 0 aromatic rings. The summed E-state index contributed by atoms with van der Waals surface area (Å²) >= 11 is 0. The largest absolute Gasteiger partial charge is 0.302 e. The van der Waals surface area contributed by atoms with E-state index in [1.807, 2.05) is 0 Å². The molecule has 0 aromatic carbocycles. The Balaban J connectivity index is 1.39. The Morgan fingerprint density at radius 2 is 1.71 bits per heavy atom. The van der Waals surface area contributed by atoms with E-state index in [-0.39, 0.29) is 0 Å². The lowest BCUT2D eigenvalue weighted by atomic mass is 9.63. The third-order valence-corrected chi connectivity index (χ3v) is 7.73. The van der Waals surface area contributed by atoms with Gasteiger partial charge in [-0.1, -0.05) is 65.7 Å². The van der Waals surface area contributed by atoms with Gasteiger partial charge in [-0.05, 0) is 48.5 Å². The normalized spacial score (nSPS) is 37.0. The smallest absolute Gasteiger partial charge is 0.00407 e. The molecule has 2 atom stereocenters. The molecule has 0 spiro atoms. The Bertz CT molecular complexity index is 342. The zero-order valence-electron chi connectivity index (χ0n) is 14.8. The number of piperidine rings is 1. The summed E-state index contributed by atoms with van der Waals surface area (Å²) in [4.78, 5) is 2.81. The number of nitrogens with zero attached hydrogens (tertiary/aromatic N) is 1. The second-order valence-electron chi connectivity index (χ2n) is 9.25. The van der Waals surface area contributed by atoms with Crippen molar-refractivity contribution in [1.82, 2.24) is 4.90 Å². The minimum absolute atomic E-state index is 0.575. The van der Waals surface area contributed by atoms with E-state index in [4.69, 9.17) is 0 Å². The summed E-state index contributed by atoms with van der Waals surface area (Å²) in [5.74, 6) is 2.03. The van der Waals surface area contributed by atoms with Crippen LogP contribution in [0.15, 0.2) is 0 Å². The molecular formula is C20H37N. The summed E-state index contributed by atoms with van der Waals surface area (Å²) in [6.07, 6.45) is 14.9. The molecule has 3 rings (SSSR count). The van der Waals surface area contributed by atoms with Crippen LogP contribution in [0.5, 0.6) is 0 Å². The van der Waals surface area contributed by atoms with E-state index in [0.29, 0.717) is 10.8 Å². The molecule has 1 heterocycles. The molecular weight excluding hydrogens is 254 g/mol. The van der Waals surface area contributed by atoms with E-state index in [1.54, 1.807) is 0 Å². The van der Waals surface area contributed by atoms with Crippen LogP contribution in [-0.2, 0) is 0 Å². The zero-order valence-corrected chi connectivity index (χ0v) is 14.8. The maximum Gasteiger partial charge on any atom is 0.00407 e. The average Bonchev–Trinajstić information content (AvgIpc) is 2.62. The van der Waals surface area contributed by atoms with Gasteiger partial charge >= 0.3 is 0 Å². The van der Waals surface area contributed by atoms with Crippen LogP contribution in [0, 0.1) is 22.7 Å². The van der Waals surface area contributed by atoms with Gasteiger partial charge < -0.3 is 4.90 Å². The van der Waals surface area contributed by atoms with Gasteiger partial charge in [-0.3, -0.25) is 0 Å². The minimum atomic E-state index is 0.575. The average molecular weight is 292 g/mol. The van der Waals surface area contributed by atoms with Gasteiger partial charge in [-0.2, -0.15) is 0 Å². The van der Waals surface area contributed by atoms with Crippen LogP contribution >= 0.6 is 0 Å². The van der Waals surface area contributed by atoms with E-state index >= 15 is 0 Å². The fraction of sp³-hybridized carbons (Fsp3) is 1.00. The predicted molar refractivity (Wildman–Crippen MR) is 91.5 cm³/mol. The topological polar surface area (TPSA) is 3.24 Å². The number of rotatable bonds is 5. The van der Waals surface area contributed by atoms with Crippen LogP contribution in [-0.4, -0.2) is 24.5 Å². The molecule has 2 aliphatic carbocycles. The van der Waals surface area contributed by atoms with Crippen molar-refractivity contribution in [3.8, 4) is 0 Å². The first-order valence-corrected chi connectivity index (χ1v) is 9.74. The predicted octanol–water partition coefficient (Wildman–Crippen LogP) is 5.50. The zero-order chi connectivity index (χ0) is 14.9. The Morgan fingerprint density at radius 1 is 0.952 bits per heavy atom. The highest BCUT2D eigenvalue weighted by Crippen LogP contribution is 2.58. The lowest BCUT2D eigenvalue weighted by Gasteiger charge is -2.50. The van der Waals surface area contributed by atoms with E-state index in [0.717, 1.165) is 11.8 Å². The van der Waals surface area contributed by atoms with Crippen LogP contribution < -0.4 is 0 Å². The molecule has 1 saturated heterocycles. The Morgan fingerprint density at radius 3 is 2.43 bits per heavy atom. The summed E-state index contributed by atoms with van der Waals surface area (Å²) in [5.41, 5.74) is 1.16. The van der Waals surface area contributed by atoms with E-state index in [2.05, 4.69) is 25.7 Å². The van der Waals surface area contributed by atoms with Gasteiger partial charge in [-0.25, -0.2) is 0 Å². The van der Waals surface area contributed by atoms with Gasteiger partial charge in [0.1, 0.15) is 0 Å². The Hall–Kier alpha value is -0.0400. The minimum Gasteiger partial charge on any atom is -0.302 e. The molecule has 0 radical (unpaired) electrons. The summed E-state index contributed by atoms with van der Waals surface area (Å²) in [5, 5.41) is 0. The summed E-state index contributed by atoms with van der Waals surface area (Å²) in [6, 6.07) is 0. The van der Waals surface area contributed by atoms with E-state index in [9.17, 15) is 0 Å². The quantitative estimate of drug-likeness (QED) is 0.605. The maximum absolute atomic E-state index is 2.81. The van der Waals surface area contributed by atoms with Gasteiger partial charge in [-0.15, -0.1) is 0 Å². The second-order valence-corrected chi connectivity index (χ2v) is 9.25. The first kappa shape index (κ1) is 15.8. The van der Waals surface area contributed by atoms with Gasteiger partial charge in [0.2, 0.25) is 0 Å². The highest BCUT2D eigenvalue weighted by atomic mass is 15.2. The van der Waals surface area contributed by atoms with E-state index in [1.165, 1.54) is 83.8 Å². The first-order valence-electron chi connectivity index (χ1n) is 9.74. The monoisotopic (exact) mass is 291 g/mol. The molecule has 2 saturated carbocycles. The van der Waals surface area contributed by atoms with Gasteiger partial charge in [0.25, 0.3) is 0 Å². The van der Waals surface area contributed by atoms with Crippen molar-refractivity contribution < 1.29 is 0 Å². The van der Waals surface area contributed by atoms with Gasteiger partial charge in [0.05, 0.1) is 0 Å². The molecule has 122 valence electrons.